The second kappa shape index (κ2) is 7.30. The Morgan fingerprint density at radius 2 is 2.05 bits per heavy atom. The molecular formula is C15H22Cl2N2O. The van der Waals surface area contributed by atoms with Gasteiger partial charge in [-0.2, -0.15) is 0 Å². The minimum Gasteiger partial charge on any atom is -0.350 e. The van der Waals surface area contributed by atoms with E-state index in [4.69, 9.17) is 28.9 Å². The number of benzene rings is 1. The van der Waals surface area contributed by atoms with E-state index in [9.17, 15) is 4.79 Å². The Labute approximate surface area is 130 Å². The molecule has 0 saturated carbocycles. The van der Waals surface area contributed by atoms with Gasteiger partial charge in [-0.05, 0) is 44.4 Å². The predicted octanol–water partition coefficient (Wildman–Crippen LogP) is 3.56. The van der Waals surface area contributed by atoms with Crippen molar-refractivity contribution in [1.29, 1.82) is 0 Å². The zero-order chi connectivity index (χ0) is 15.3. The van der Waals surface area contributed by atoms with Crippen molar-refractivity contribution in [2.45, 2.75) is 51.6 Å². The fourth-order valence-electron chi connectivity index (χ4n) is 2.05. The number of nitrogens with one attached hydrogen (secondary N) is 1. The lowest BCUT2D eigenvalue weighted by Gasteiger charge is -2.28. The minimum atomic E-state index is -0.458. The largest absolute Gasteiger partial charge is 0.350 e. The van der Waals surface area contributed by atoms with Crippen LogP contribution < -0.4 is 11.1 Å². The fourth-order valence-corrected chi connectivity index (χ4v) is 2.53. The summed E-state index contributed by atoms with van der Waals surface area (Å²) in [5, 5.41) is 4.19. The van der Waals surface area contributed by atoms with Crippen molar-refractivity contribution in [3.63, 3.8) is 0 Å². The number of hydrogen-bond acceptors (Lipinski definition) is 2. The van der Waals surface area contributed by atoms with Crippen LogP contribution in [0.1, 0.15) is 39.2 Å². The summed E-state index contributed by atoms with van der Waals surface area (Å²) in [5.41, 5.74) is 6.36. The monoisotopic (exact) mass is 316 g/mol. The highest BCUT2D eigenvalue weighted by Crippen LogP contribution is 2.24. The van der Waals surface area contributed by atoms with Gasteiger partial charge in [0.25, 0.3) is 0 Å². The summed E-state index contributed by atoms with van der Waals surface area (Å²) in [5.74, 6) is -0.123. The quantitative estimate of drug-likeness (QED) is 0.843. The highest BCUT2D eigenvalue weighted by Gasteiger charge is 2.24. The number of halogens is 2. The van der Waals surface area contributed by atoms with E-state index in [1.54, 1.807) is 12.1 Å². The standard InChI is InChI=1S/C15H22Cl2N2O/c1-4-5-13(18)14(20)19-15(2,3)9-10-6-7-11(16)8-12(10)17/h6-8,13H,4-5,9,18H2,1-3H3,(H,19,20). The Morgan fingerprint density at radius 1 is 1.40 bits per heavy atom. The first-order valence-corrected chi connectivity index (χ1v) is 7.52. The molecule has 5 heteroatoms. The Hall–Kier alpha value is -0.770. The number of carbonyl (C=O) groups is 1. The van der Waals surface area contributed by atoms with Crippen LogP contribution in [0.3, 0.4) is 0 Å². The minimum absolute atomic E-state index is 0.123. The van der Waals surface area contributed by atoms with Crippen molar-refractivity contribution in [1.82, 2.24) is 5.32 Å². The van der Waals surface area contributed by atoms with Crippen molar-refractivity contribution in [2.75, 3.05) is 0 Å². The average Bonchev–Trinajstić information content (AvgIpc) is 2.32. The van der Waals surface area contributed by atoms with E-state index in [2.05, 4.69) is 5.32 Å². The van der Waals surface area contributed by atoms with Crippen LogP contribution in [0.25, 0.3) is 0 Å². The number of amides is 1. The van der Waals surface area contributed by atoms with Crippen LogP contribution in [0.15, 0.2) is 18.2 Å². The molecule has 3 N–H and O–H groups in total. The Kier molecular flexibility index (Phi) is 6.31. The first kappa shape index (κ1) is 17.3. The third-order valence-electron chi connectivity index (χ3n) is 3.05. The summed E-state index contributed by atoms with van der Waals surface area (Å²) < 4.78 is 0. The lowest BCUT2D eigenvalue weighted by molar-refractivity contribution is -0.124. The van der Waals surface area contributed by atoms with E-state index < -0.39 is 11.6 Å². The molecule has 112 valence electrons. The first-order valence-electron chi connectivity index (χ1n) is 6.76. The average molecular weight is 317 g/mol. The Morgan fingerprint density at radius 3 is 2.60 bits per heavy atom. The van der Waals surface area contributed by atoms with Gasteiger partial charge in [0.05, 0.1) is 6.04 Å². The lowest BCUT2D eigenvalue weighted by atomic mass is 9.94. The van der Waals surface area contributed by atoms with Gasteiger partial charge in [0, 0.05) is 15.6 Å². The zero-order valence-electron chi connectivity index (χ0n) is 12.2. The number of rotatable bonds is 6. The van der Waals surface area contributed by atoms with Gasteiger partial charge in [-0.15, -0.1) is 0 Å². The highest BCUT2D eigenvalue weighted by molar-refractivity contribution is 6.35. The second-order valence-corrected chi connectivity index (χ2v) is 6.52. The lowest BCUT2D eigenvalue weighted by Crippen LogP contribution is -2.51. The normalized spacial score (nSPS) is 13.1. The molecular weight excluding hydrogens is 295 g/mol. The third kappa shape index (κ3) is 5.31. The summed E-state index contributed by atoms with van der Waals surface area (Å²) in [6, 6.07) is 4.92. The van der Waals surface area contributed by atoms with Gasteiger partial charge >= 0.3 is 0 Å². The molecule has 3 nitrogen and oxygen atoms in total. The smallest absolute Gasteiger partial charge is 0.237 e. The molecule has 0 aliphatic rings. The van der Waals surface area contributed by atoms with Gasteiger partial charge in [-0.1, -0.05) is 42.6 Å². The van der Waals surface area contributed by atoms with E-state index in [1.807, 2.05) is 26.8 Å². The molecule has 0 saturated heterocycles. The maximum Gasteiger partial charge on any atom is 0.237 e. The van der Waals surface area contributed by atoms with Gasteiger partial charge in [-0.25, -0.2) is 0 Å². The molecule has 0 radical (unpaired) electrons. The molecule has 1 amide bonds. The molecule has 1 aromatic rings. The van der Waals surface area contributed by atoms with Crippen LogP contribution in [0.4, 0.5) is 0 Å². The van der Waals surface area contributed by atoms with Gasteiger partial charge in [0.2, 0.25) is 5.91 Å². The molecule has 1 rings (SSSR count). The van der Waals surface area contributed by atoms with E-state index in [1.165, 1.54) is 0 Å². The van der Waals surface area contributed by atoms with Crippen LogP contribution in [-0.4, -0.2) is 17.5 Å². The molecule has 1 atom stereocenters. The van der Waals surface area contributed by atoms with Crippen molar-refractivity contribution < 1.29 is 4.79 Å². The molecule has 0 aliphatic carbocycles. The molecule has 0 fully saturated rings. The molecule has 0 aromatic heterocycles. The van der Waals surface area contributed by atoms with E-state index in [0.717, 1.165) is 12.0 Å². The number of hydrogen-bond donors (Lipinski definition) is 2. The van der Waals surface area contributed by atoms with Gasteiger partial charge in [-0.3, -0.25) is 4.79 Å². The second-order valence-electron chi connectivity index (χ2n) is 5.68. The molecule has 0 spiro atoms. The molecule has 20 heavy (non-hydrogen) atoms. The zero-order valence-corrected chi connectivity index (χ0v) is 13.7. The van der Waals surface area contributed by atoms with Crippen molar-refractivity contribution in [2.24, 2.45) is 5.73 Å². The predicted molar refractivity (Wildman–Crippen MR) is 85.3 cm³/mol. The van der Waals surface area contributed by atoms with E-state index >= 15 is 0 Å². The van der Waals surface area contributed by atoms with Crippen molar-refractivity contribution >= 4 is 29.1 Å². The van der Waals surface area contributed by atoms with Gasteiger partial charge in [0.15, 0.2) is 0 Å². The molecule has 0 heterocycles. The van der Waals surface area contributed by atoms with Gasteiger partial charge in [0.1, 0.15) is 0 Å². The molecule has 0 aliphatic heterocycles. The van der Waals surface area contributed by atoms with Crippen LogP contribution in [-0.2, 0) is 11.2 Å². The SMILES string of the molecule is CCCC(N)C(=O)NC(C)(C)Cc1ccc(Cl)cc1Cl. The Bertz CT molecular complexity index is 475. The third-order valence-corrected chi connectivity index (χ3v) is 3.63. The number of carbonyl (C=O) groups excluding carboxylic acids is 1. The number of nitrogens with two attached hydrogens (primary N) is 1. The summed E-state index contributed by atoms with van der Waals surface area (Å²) >= 11 is 12.0. The highest BCUT2D eigenvalue weighted by atomic mass is 35.5. The Balaban J connectivity index is 2.71. The molecule has 1 unspecified atom stereocenters. The van der Waals surface area contributed by atoms with Crippen LogP contribution >= 0.6 is 23.2 Å². The topological polar surface area (TPSA) is 55.1 Å². The first-order chi connectivity index (χ1) is 9.25. The maximum atomic E-state index is 12.0. The van der Waals surface area contributed by atoms with Crippen LogP contribution in [0, 0.1) is 0 Å². The van der Waals surface area contributed by atoms with Crippen molar-refractivity contribution in [3.8, 4) is 0 Å². The van der Waals surface area contributed by atoms with Gasteiger partial charge < -0.3 is 11.1 Å². The maximum absolute atomic E-state index is 12.0. The summed E-state index contributed by atoms with van der Waals surface area (Å²) in [4.78, 5) is 12.0. The van der Waals surface area contributed by atoms with Crippen LogP contribution in [0.5, 0.6) is 0 Å². The van der Waals surface area contributed by atoms with Crippen LogP contribution in [0.2, 0.25) is 10.0 Å². The summed E-state index contributed by atoms with van der Waals surface area (Å²) in [6.45, 7) is 5.91. The summed E-state index contributed by atoms with van der Waals surface area (Å²) in [6.07, 6.45) is 2.19. The van der Waals surface area contributed by atoms with E-state index in [0.29, 0.717) is 22.9 Å². The van der Waals surface area contributed by atoms with Crippen molar-refractivity contribution in [3.05, 3.63) is 33.8 Å². The summed E-state index contributed by atoms with van der Waals surface area (Å²) in [7, 11) is 0. The molecule has 1 aromatic carbocycles. The molecule has 0 bridgehead atoms. The van der Waals surface area contributed by atoms with E-state index in [-0.39, 0.29) is 5.91 Å². The fraction of sp³-hybridized carbons (Fsp3) is 0.533.